The van der Waals surface area contributed by atoms with E-state index in [1.54, 1.807) is 0 Å². The maximum atomic E-state index is 12.0. The quantitative estimate of drug-likeness (QED) is 0.743. The van der Waals surface area contributed by atoms with Crippen LogP contribution in [0.1, 0.15) is 39.7 Å². The average Bonchev–Trinajstić information content (AvgIpc) is 2.43. The van der Waals surface area contributed by atoms with Gasteiger partial charge in [-0.15, -0.1) is 0 Å². The number of aliphatic hydroxyl groups excluding tert-OH is 1. The molecule has 1 unspecified atom stereocenters. The predicted molar refractivity (Wildman–Crippen MR) is 86.3 cm³/mol. The second-order valence-electron chi connectivity index (χ2n) is 6.43. The van der Waals surface area contributed by atoms with Crippen LogP contribution in [0.5, 0.6) is 0 Å². The van der Waals surface area contributed by atoms with Gasteiger partial charge in [0.15, 0.2) is 6.10 Å². The Morgan fingerprint density at radius 3 is 2.27 bits per heavy atom. The van der Waals surface area contributed by atoms with Gasteiger partial charge >= 0.3 is 0 Å². The van der Waals surface area contributed by atoms with Crippen LogP contribution < -0.4 is 10.6 Å². The summed E-state index contributed by atoms with van der Waals surface area (Å²) in [5.74, 6) is -0.681. The van der Waals surface area contributed by atoms with Crippen LogP contribution in [0.25, 0.3) is 0 Å². The maximum Gasteiger partial charge on any atom is 0.251 e. The van der Waals surface area contributed by atoms with Crippen molar-refractivity contribution in [3.63, 3.8) is 0 Å². The van der Waals surface area contributed by atoms with E-state index in [1.165, 1.54) is 0 Å². The van der Waals surface area contributed by atoms with Crippen molar-refractivity contribution < 1.29 is 14.7 Å². The molecule has 0 aliphatic rings. The summed E-state index contributed by atoms with van der Waals surface area (Å²) >= 11 is 0. The van der Waals surface area contributed by atoms with Gasteiger partial charge in [-0.2, -0.15) is 0 Å². The Labute approximate surface area is 132 Å². The third-order valence-electron chi connectivity index (χ3n) is 3.14. The Morgan fingerprint density at radius 1 is 1.18 bits per heavy atom. The van der Waals surface area contributed by atoms with Crippen LogP contribution in [-0.2, 0) is 16.0 Å². The van der Waals surface area contributed by atoms with Crippen molar-refractivity contribution in [1.29, 1.82) is 0 Å². The van der Waals surface area contributed by atoms with Crippen molar-refractivity contribution in [2.75, 3.05) is 0 Å². The summed E-state index contributed by atoms with van der Waals surface area (Å²) in [4.78, 5) is 24.0. The third-order valence-corrected chi connectivity index (χ3v) is 3.14. The molecule has 5 nitrogen and oxygen atoms in total. The minimum atomic E-state index is -1.26. The largest absolute Gasteiger partial charge is 0.381 e. The zero-order valence-corrected chi connectivity index (χ0v) is 13.7. The normalized spacial score (nSPS) is 14.0. The lowest BCUT2D eigenvalue weighted by Gasteiger charge is -2.27. The number of amides is 2. The van der Waals surface area contributed by atoms with Gasteiger partial charge in [0.25, 0.3) is 5.91 Å². The Balaban J connectivity index is 2.60. The van der Waals surface area contributed by atoms with Gasteiger partial charge in [-0.3, -0.25) is 9.59 Å². The number of benzene rings is 1. The molecular weight excluding hydrogens is 280 g/mol. The van der Waals surface area contributed by atoms with Crippen LogP contribution in [0.4, 0.5) is 0 Å². The molecule has 0 radical (unpaired) electrons. The number of rotatable bonds is 6. The molecule has 0 heterocycles. The van der Waals surface area contributed by atoms with Gasteiger partial charge in [-0.25, -0.2) is 0 Å². The molecule has 3 N–H and O–H groups in total. The molecule has 1 aromatic rings. The van der Waals surface area contributed by atoms with Crippen LogP contribution in [0.3, 0.4) is 0 Å². The number of carbonyl (C=O) groups excluding carboxylic acids is 2. The minimum absolute atomic E-state index is 0.208. The van der Waals surface area contributed by atoms with E-state index in [1.807, 2.05) is 58.0 Å². The van der Waals surface area contributed by atoms with Gasteiger partial charge in [0.1, 0.15) is 0 Å². The summed E-state index contributed by atoms with van der Waals surface area (Å²) in [7, 11) is 0. The monoisotopic (exact) mass is 306 g/mol. The molecule has 1 aromatic carbocycles. The summed E-state index contributed by atoms with van der Waals surface area (Å²) in [5.41, 5.74) is 0.466. The first-order chi connectivity index (χ1) is 10.2. The van der Waals surface area contributed by atoms with Gasteiger partial charge in [0.05, 0.1) is 12.5 Å². The van der Waals surface area contributed by atoms with Crippen molar-refractivity contribution in [2.24, 2.45) is 0 Å². The molecule has 0 fully saturated rings. The molecule has 122 valence electrons. The zero-order chi connectivity index (χ0) is 16.8. The van der Waals surface area contributed by atoms with Gasteiger partial charge in [0.2, 0.25) is 5.91 Å². The van der Waals surface area contributed by atoms with Crippen molar-refractivity contribution in [3.05, 3.63) is 35.9 Å². The van der Waals surface area contributed by atoms with Crippen LogP contribution in [0.15, 0.2) is 30.3 Å². The lowest BCUT2D eigenvalue weighted by Crippen LogP contribution is -2.54. The Hall–Kier alpha value is -1.88. The molecule has 0 aliphatic carbocycles. The molecule has 2 atom stereocenters. The molecule has 0 spiro atoms. The fourth-order valence-electron chi connectivity index (χ4n) is 2.07. The molecule has 0 saturated heterocycles. The molecular formula is C17H26N2O3. The highest BCUT2D eigenvalue weighted by atomic mass is 16.3. The lowest BCUT2D eigenvalue weighted by molar-refractivity contribution is -0.133. The van der Waals surface area contributed by atoms with Gasteiger partial charge in [0, 0.05) is 5.54 Å². The summed E-state index contributed by atoms with van der Waals surface area (Å²) < 4.78 is 0. The number of carbonyl (C=O) groups is 2. The summed E-state index contributed by atoms with van der Waals surface area (Å²) in [5, 5.41) is 15.6. The first kappa shape index (κ1) is 18.2. The van der Waals surface area contributed by atoms with Crippen molar-refractivity contribution >= 4 is 11.8 Å². The van der Waals surface area contributed by atoms with Crippen LogP contribution in [0, 0.1) is 0 Å². The van der Waals surface area contributed by atoms with Crippen molar-refractivity contribution in [2.45, 2.75) is 58.2 Å². The standard InChI is InChI=1S/C17H26N2O3/c1-5-13(15(21)16(22)19-17(2,3)4)18-14(20)11-12-9-7-6-8-10-12/h6-10,13,15,21H,5,11H2,1-4H3,(H,18,20)(H,19,22)/t13-,15?/m0/s1. The number of hydrogen-bond donors (Lipinski definition) is 3. The smallest absolute Gasteiger partial charge is 0.251 e. The van der Waals surface area contributed by atoms with Crippen molar-refractivity contribution in [1.82, 2.24) is 10.6 Å². The van der Waals surface area contributed by atoms with E-state index in [0.29, 0.717) is 6.42 Å². The molecule has 22 heavy (non-hydrogen) atoms. The SMILES string of the molecule is CC[C@H](NC(=O)Cc1ccccc1)C(O)C(=O)NC(C)(C)C. The van der Waals surface area contributed by atoms with Crippen LogP contribution >= 0.6 is 0 Å². The van der Waals surface area contributed by atoms with Crippen LogP contribution in [0.2, 0.25) is 0 Å². The number of aliphatic hydroxyl groups is 1. The van der Waals surface area contributed by atoms with Gasteiger partial charge in [-0.1, -0.05) is 37.3 Å². The molecule has 0 bridgehead atoms. The minimum Gasteiger partial charge on any atom is -0.381 e. The first-order valence-electron chi connectivity index (χ1n) is 7.56. The summed E-state index contributed by atoms with van der Waals surface area (Å²) in [6, 6.07) is 8.75. The number of nitrogens with one attached hydrogen (secondary N) is 2. The highest BCUT2D eigenvalue weighted by molar-refractivity contribution is 5.84. The fourth-order valence-corrected chi connectivity index (χ4v) is 2.07. The maximum absolute atomic E-state index is 12.0. The van der Waals surface area contributed by atoms with Gasteiger partial charge < -0.3 is 15.7 Å². The second-order valence-corrected chi connectivity index (χ2v) is 6.43. The summed E-state index contributed by atoms with van der Waals surface area (Å²) in [6.07, 6.45) is -0.562. The topological polar surface area (TPSA) is 78.4 Å². The average molecular weight is 306 g/mol. The van der Waals surface area contributed by atoms with Gasteiger partial charge in [-0.05, 0) is 32.8 Å². The van der Waals surface area contributed by atoms with E-state index in [0.717, 1.165) is 5.56 Å². The molecule has 0 saturated carbocycles. The second kappa shape index (κ2) is 7.94. The van der Waals surface area contributed by atoms with E-state index in [9.17, 15) is 14.7 Å². The third kappa shape index (κ3) is 6.26. The zero-order valence-electron chi connectivity index (χ0n) is 13.7. The van der Waals surface area contributed by atoms with E-state index >= 15 is 0 Å². The number of hydrogen-bond acceptors (Lipinski definition) is 3. The molecule has 0 aromatic heterocycles. The Kier molecular flexibility index (Phi) is 6.56. The first-order valence-corrected chi connectivity index (χ1v) is 7.56. The predicted octanol–water partition coefficient (Wildman–Crippen LogP) is 1.40. The summed E-state index contributed by atoms with van der Waals surface area (Å²) in [6.45, 7) is 7.34. The van der Waals surface area contributed by atoms with E-state index in [-0.39, 0.29) is 12.3 Å². The molecule has 2 amide bonds. The lowest BCUT2D eigenvalue weighted by atomic mass is 10.0. The van der Waals surface area contributed by atoms with Crippen LogP contribution in [-0.4, -0.2) is 34.6 Å². The molecule has 1 rings (SSSR count). The van der Waals surface area contributed by atoms with E-state index in [2.05, 4.69) is 10.6 Å². The van der Waals surface area contributed by atoms with Crippen molar-refractivity contribution in [3.8, 4) is 0 Å². The molecule has 5 heteroatoms. The highest BCUT2D eigenvalue weighted by Crippen LogP contribution is 2.06. The molecule has 0 aliphatic heterocycles. The van der Waals surface area contributed by atoms with E-state index in [4.69, 9.17) is 0 Å². The highest BCUT2D eigenvalue weighted by Gasteiger charge is 2.28. The Morgan fingerprint density at radius 2 is 1.77 bits per heavy atom. The van der Waals surface area contributed by atoms with E-state index < -0.39 is 23.6 Å². The Bertz CT molecular complexity index is 494. The fraction of sp³-hybridized carbons (Fsp3) is 0.529.